The minimum absolute atomic E-state index is 0.320. The maximum absolute atomic E-state index is 13.0. The van der Waals surface area contributed by atoms with Gasteiger partial charge in [-0.15, -0.1) is 10.2 Å². The molecule has 37 heavy (non-hydrogen) atoms. The van der Waals surface area contributed by atoms with Gasteiger partial charge < -0.3 is 9.72 Å². The molecule has 0 saturated carbocycles. The molecule has 9 nitrogen and oxygen atoms in total. The summed E-state index contributed by atoms with van der Waals surface area (Å²) in [7, 11) is 3.68. The van der Waals surface area contributed by atoms with E-state index in [1.807, 2.05) is 74.4 Å². The number of aromatic nitrogens is 6. The lowest BCUT2D eigenvalue weighted by atomic mass is 9.95. The number of H-pyrrole nitrogens is 2. The third-order valence-electron chi connectivity index (χ3n) is 6.37. The second kappa shape index (κ2) is 12.1. The van der Waals surface area contributed by atoms with Crippen molar-refractivity contribution in [2.45, 2.75) is 51.7 Å². The Bertz CT molecular complexity index is 1310. The highest BCUT2D eigenvalue weighted by molar-refractivity contribution is 6.30. The van der Waals surface area contributed by atoms with Crippen LogP contribution in [0, 0.1) is 0 Å². The third-order valence-corrected chi connectivity index (χ3v) is 6.66. The van der Waals surface area contributed by atoms with Crippen LogP contribution in [-0.2, 0) is 22.4 Å². The van der Waals surface area contributed by atoms with E-state index in [1.165, 1.54) is 0 Å². The van der Waals surface area contributed by atoms with Crippen LogP contribution in [0.1, 0.15) is 49.9 Å². The molecule has 0 bridgehead atoms. The molecule has 2 atom stereocenters. The van der Waals surface area contributed by atoms with E-state index in [0.29, 0.717) is 23.1 Å². The Morgan fingerprint density at radius 3 is 2.59 bits per heavy atom. The first-order chi connectivity index (χ1) is 17.9. The quantitative estimate of drug-likeness (QED) is 0.266. The van der Waals surface area contributed by atoms with Gasteiger partial charge in [-0.25, -0.2) is 4.98 Å². The van der Waals surface area contributed by atoms with Gasteiger partial charge in [-0.3, -0.25) is 9.69 Å². The summed E-state index contributed by atoms with van der Waals surface area (Å²) in [5, 5.41) is 15.0. The topological polar surface area (TPSA) is 113 Å². The average Bonchev–Trinajstić information content (AvgIpc) is 3.57. The molecule has 2 heterocycles. The van der Waals surface area contributed by atoms with Crippen molar-refractivity contribution in [1.82, 2.24) is 35.5 Å². The van der Waals surface area contributed by atoms with Gasteiger partial charge in [0.25, 0.3) is 0 Å². The largest absolute Gasteiger partial charge is 0.454 e. The molecule has 0 radical (unpaired) electrons. The van der Waals surface area contributed by atoms with Crippen LogP contribution in [0.5, 0.6) is 0 Å². The van der Waals surface area contributed by atoms with Gasteiger partial charge in [0.05, 0.1) is 5.69 Å². The summed E-state index contributed by atoms with van der Waals surface area (Å²) in [5.74, 6) is 0.933. The van der Waals surface area contributed by atoms with Gasteiger partial charge in [0, 0.05) is 18.4 Å². The molecule has 194 valence electrons. The lowest BCUT2D eigenvalue weighted by Gasteiger charge is -2.23. The normalized spacial score (nSPS) is 13.0. The first-order valence-electron chi connectivity index (χ1n) is 12.4. The summed E-state index contributed by atoms with van der Waals surface area (Å²) in [6.45, 7) is 3.93. The van der Waals surface area contributed by atoms with E-state index >= 15 is 0 Å². The van der Waals surface area contributed by atoms with Gasteiger partial charge in [0.2, 0.25) is 5.82 Å². The fourth-order valence-electron chi connectivity index (χ4n) is 4.00. The lowest BCUT2D eigenvalue weighted by molar-refractivity contribution is -0.154. The predicted octanol–water partition coefficient (Wildman–Crippen LogP) is 5.03. The van der Waals surface area contributed by atoms with Gasteiger partial charge >= 0.3 is 5.97 Å². The number of hydrogen-bond donors (Lipinski definition) is 2. The maximum Gasteiger partial charge on any atom is 0.323 e. The number of tetrazole rings is 1. The second-order valence-electron chi connectivity index (χ2n) is 9.24. The molecular weight excluding hydrogens is 490 g/mol. The van der Waals surface area contributed by atoms with Crippen molar-refractivity contribution in [3.05, 3.63) is 70.8 Å². The molecule has 0 spiro atoms. The number of nitrogens with one attached hydrogen (secondary N) is 2. The number of nitrogens with zero attached hydrogens (tertiary/aromatic N) is 5. The van der Waals surface area contributed by atoms with Gasteiger partial charge in [-0.1, -0.05) is 67.4 Å². The van der Waals surface area contributed by atoms with E-state index in [4.69, 9.17) is 16.3 Å². The Balaban J connectivity index is 1.71. The Kier molecular flexibility index (Phi) is 8.68. The number of aryl methyl sites for hydroxylation is 1. The molecule has 2 N–H and O–H groups in total. The summed E-state index contributed by atoms with van der Waals surface area (Å²) in [6.07, 6.45) is 2.55. The fraction of sp³-hybridized carbons (Fsp3) is 0.370. The Hall–Kier alpha value is -3.56. The average molecular weight is 522 g/mol. The summed E-state index contributed by atoms with van der Waals surface area (Å²) in [5.41, 5.74) is 4.36. The van der Waals surface area contributed by atoms with Crippen molar-refractivity contribution in [2.75, 3.05) is 14.1 Å². The number of likely N-dealkylation sites (N-methyl/N-ethyl adjacent to an activating group) is 1. The molecule has 2 aromatic heterocycles. The van der Waals surface area contributed by atoms with E-state index < -0.39 is 12.1 Å². The van der Waals surface area contributed by atoms with Crippen LogP contribution in [0.2, 0.25) is 5.15 Å². The predicted molar refractivity (Wildman–Crippen MR) is 143 cm³/mol. The van der Waals surface area contributed by atoms with Crippen molar-refractivity contribution in [1.29, 1.82) is 0 Å². The molecule has 0 aliphatic heterocycles. The third kappa shape index (κ3) is 6.42. The summed E-state index contributed by atoms with van der Waals surface area (Å²) in [4.78, 5) is 22.6. The summed E-state index contributed by atoms with van der Waals surface area (Å²) < 4.78 is 6.02. The van der Waals surface area contributed by atoms with Gasteiger partial charge in [-0.2, -0.15) is 5.21 Å². The number of halogens is 1. The van der Waals surface area contributed by atoms with E-state index in [0.717, 1.165) is 47.3 Å². The van der Waals surface area contributed by atoms with Crippen molar-refractivity contribution in [2.24, 2.45) is 0 Å². The van der Waals surface area contributed by atoms with E-state index in [2.05, 4.69) is 37.5 Å². The number of ether oxygens (including phenoxy) is 1. The number of carbonyl (C=O) groups excluding carboxylic acids is 1. The highest BCUT2D eigenvalue weighted by Crippen LogP contribution is 2.34. The minimum Gasteiger partial charge on any atom is -0.454 e. The Morgan fingerprint density at radius 1 is 1.14 bits per heavy atom. The number of carbonyl (C=O) groups is 1. The summed E-state index contributed by atoms with van der Waals surface area (Å²) >= 11 is 6.55. The smallest absolute Gasteiger partial charge is 0.323 e. The van der Waals surface area contributed by atoms with Crippen LogP contribution >= 0.6 is 11.6 Å². The monoisotopic (exact) mass is 521 g/mol. The number of hydrogen-bond acceptors (Lipinski definition) is 7. The van der Waals surface area contributed by atoms with Crippen molar-refractivity contribution < 1.29 is 9.53 Å². The number of esters is 1. The van der Waals surface area contributed by atoms with Crippen LogP contribution in [0.25, 0.3) is 22.5 Å². The van der Waals surface area contributed by atoms with Crippen molar-refractivity contribution >= 4 is 17.6 Å². The standard InChI is InChI=1S/C27H32ClN7O2/c1-5-6-12-23-29-24(25(28)30-23)22(37-27(36)17(2)35(3)4)16-18-13-14-20(19-10-8-7-9-11-19)21(15-18)26-31-33-34-32-26/h7-11,13-15,17,22H,5-6,12,16H2,1-4H3,(H,29,30)(H,31,32,33,34)/t17-,22-/m0/s1. The molecule has 4 rings (SSSR count). The molecule has 0 aliphatic carbocycles. The second-order valence-corrected chi connectivity index (χ2v) is 9.60. The first-order valence-corrected chi connectivity index (χ1v) is 12.8. The van der Waals surface area contributed by atoms with Gasteiger partial charge in [0.15, 0.2) is 5.15 Å². The molecule has 4 aromatic rings. The number of unbranched alkanes of at least 4 members (excludes halogenated alkanes) is 1. The van der Waals surface area contributed by atoms with Gasteiger partial charge in [-0.05, 0) is 55.4 Å². The maximum atomic E-state index is 13.0. The molecule has 0 unspecified atom stereocenters. The molecule has 0 saturated heterocycles. The summed E-state index contributed by atoms with van der Waals surface area (Å²) in [6, 6.07) is 15.7. The molecule has 0 fully saturated rings. The van der Waals surface area contributed by atoms with Crippen LogP contribution in [0.15, 0.2) is 48.5 Å². The Labute approximate surface area is 221 Å². The van der Waals surface area contributed by atoms with Crippen molar-refractivity contribution in [3.8, 4) is 22.5 Å². The number of rotatable bonds is 11. The zero-order chi connectivity index (χ0) is 26.4. The molecule has 0 amide bonds. The van der Waals surface area contributed by atoms with Crippen molar-refractivity contribution in [3.63, 3.8) is 0 Å². The molecule has 2 aromatic carbocycles. The zero-order valence-corrected chi connectivity index (χ0v) is 22.3. The van der Waals surface area contributed by atoms with Crippen LogP contribution < -0.4 is 0 Å². The number of benzene rings is 2. The number of aromatic amines is 2. The van der Waals surface area contributed by atoms with Gasteiger partial charge in [0.1, 0.15) is 18.0 Å². The number of imidazole rings is 1. The molecule has 0 aliphatic rings. The zero-order valence-electron chi connectivity index (χ0n) is 21.5. The Morgan fingerprint density at radius 2 is 1.92 bits per heavy atom. The highest BCUT2D eigenvalue weighted by Gasteiger charge is 2.27. The van der Waals surface area contributed by atoms with E-state index in [-0.39, 0.29) is 5.97 Å². The minimum atomic E-state index is -0.647. The van der Waals surface area contributed by atoms with Crippen LogP contribution in [0.4, 0.5) is 0 Å². The van der Waals surface area contributed by atoms with E-state index in [9.17, 15) is 4.79 Å². The fourth-order valence-corrected chi connectivity index (χ4v) is 4.28. The molecule has 10 heteroatoms. The van der Waals surface area contributed by atoms with Crippen LogP contribution in [0.3, 0.4) is 0 Å². The first kappa shape index (κ1) is 26.5. The highest BCUT2D eigenvalue weighted by atomic mass is 35.5. The van der Waals surface area contributed by atoms with Crippen LogP contribution in [-0.4, -0.2) is 61.6 Å². The molecular formula is C27H32ClN7O2. The van der Waals surface area contributed by atoms with E-state index in [1.54, 1.807) is 0 Å². The SMILES string of the molecule is CCCCc1nc(Cl)c([C@H](Cc2ccc(-c3ccccc3)c(-c3nn[nH]n3)c2)OC(=O)[C@H](C)N(C)C)[nH]1. The lowest BCUT2D eigenvalue weighted by Crippen LogP contribution is -2.35.